The molecule has 1 fully saturated rings. The van der Waals surface area contributed by atoms with Crippen LogP contribution in [0.15, 0.2) is 6.33 Å². The summed E-state index contributed by atoms with van der Waals surface area (Å²) >= 11 is 0. The van der Waals surface area contributed by atoms with Crippen molar-refractivity contribution in [2.75, 3.05) is 49.6 Å². The van der Waals surface area contributed by atoms with Crippen molar-refractivity contribution in [1.82, 2.24) is 14.9 Å². The van der Waals surface area contributed by atoms with Crippen molar-refractivity contribution in [3.05, 3.63) is 16.4 Å². The first kappa shape index (κ1) is 22.3. The number of amides is 1. The predicted octanol–water partition coefficient (Wildman–Crippen LogP) is 1.22. The van der Waals surface area contributed by atoms with Crippen LogP contribution in [0.3, 0.4) is 0 Å². The maximum absolute atomic E-state index is 12.1. The van der Waals surface area contributed by atoms with Gasteiger partial charge in [-0.3, -0.25) is 19.7 Å². The van der Waals surface area contributed by atoms with Gasteiger partial charge in [0, 0.05) is 40.2 Å². The zero-order chi connectivity index (χ0) is 21.8. The maximum atomic E-state index is 12.1. The lowest BCUT2D eigenvalue weighted by atomic mass is 10.2. The Morgan fingerprint density at radius 1 is 1.24 bits per heavy atom. The minimum absolute atomic E-state index is 0.0261. The van der Waals surface area contributed by atoms with Crippen molar-refractivity contribution in [2.45, 2.75) is 39.7 Å². The Morgan fingerprint density at radius 2 is 1.93 bits per heavy atom. The standard InChI is InChI=1S/C18H28N6O5/c1-13(25)22-7-6-8-23(10-9-22)17-15(24(27)28)16(19-12-20-17)21(5)11-14(26)29-18(2,3)4/h12H,6-11H2,1-5H3. The van der Waals surface area contributed by atoms with E-state index in [0.29, 0.717) is 32.6 Å². The largest absolute Gasteiger partial charge is 0.459 e. The first-order valence-corrected chi connectivity index (χ1v) is 9.42. The molecule has 0 aliphatic carbocycles. The summed E-state index contributed by atoms with van der Waals surface area (Å²) in [7, 11) is 1.54. The Balaban J connectivity index is 2.28. The lowest BCUT2D eigenvalue weighted by Crippen LogP contribution is -2.35. The van der Waals surface area contributed by atoms with Crippen molar-refractivity contribution in [2.24, 2.45) is 0 Å². The highest BCUT2D eigenvalue weighted by molar-refractivity contribution is 5.79. The smallest absolute Gasteiger partial charge is 0.353 e. The van der Waals surface area contributed by atoms with Crippen LogP contribution >= 0.6 is 0 Å². The fourth-order valence-corrected chi connectivity index (χ4v) is 3.12. The molecule has 1 amide bonds. The second-order valence-corrected chi connectivity index (χ2v) is 7.92. The number of likely N-dealkylation sites (N-methyl/N-ethyl adjacent to an activating group) is 1. The van der Waals surface area contributed by atoms with Crippen molar-refractivity contribution in [3.8, 4) is 0 Å². The summed E-state index contributed by atoms with van der Waals surface area (Å²) in [4.78, 5) is 48.2. The molecule has 160 valence electrons. The van der Waals surface area contributed by atoms with Gasteiger partial charge in [0.05, 0.1) is 4.92 Å². The summed E-state index contributed by atoms with van der Waals surface area (Å²) in [6.45, 7) is 8.57. The van der Waals surface area contributed by atoms with Crippen LogP contribution in [0.4, 0.5) is 17.3 Å². The van der Waals surface area contributed by atoms with E-state index < -0.39 is 16.5 Å². The molecule has 0 radical (unpaired) electrons. The molecule has 11 nitrogen and oxygen atoms in total. The zero-order valence-electron chi connectivity index (χ0n) is 17.5. The summed E-state index contributed by atoms with van der Waals surface area (Å²) in [5, 5.41) is 11.9. The van der Waals surface area contributed by atoms with E-state index in [2.05, 4.69) is 9.97 Å². The van der Waals surface area contributed by atoms with Crippen LogP contribution in [0.1, 0.15) is 34.1 Å². The van der Waals surface area contributed by atoms with E-state index in [1.807, 2.05) is 0 Å². The third kappa shape index (κ3) is 6.00. The third-order valence-electron chi connectivity index (χ3n) is 4.35. The van der Waals surface area contributed by atoms with E-state index in [1.54, 1.807) is 37.6 Å². The number of carbonyl (C=O) groups is 2. The van der Waals surface area contributed by atoms with E-state index >= 15 is 0 Å². The molecule has 1 aliphatic heterocycles. The lowest BCUT2D eigenvalue weighted by Gasteiger charge is -2.25. The Hall–Kier alpha value is -2.98. The fraction of sp³-hybridized carbons (Fsp3) is 0.667. The highest BCUT2D eigenvalue weighted by Gasteiger charge is 2.31. The second kappa shape index (κ2) is 9.01. The Bertz CT molecular complexity index is 778. The molecule has 1 aliphatic rings. The number of esters is 1. The van der Waals surface area contributed by atoms with Gasteiger partial charge in [0.1, 0.15) is 18.5 Å². The molecule has 11 heteroatoms. The molecule has 1 aromatic heterocycles. The highest BCUT2D eigenvalue weighted by Crippen LogP contribution is 2.34. The van der Waals surface area contributed by atoms with Gasteiger partial charge in [-0.15, -0.1) is 0 Å². The number of rotatable bonds is 5. The average molecular weight is 408 g/mol. The maximum Gasteiger partial charge on any atom is 0.353 e. The predicted molar refractivity (Wildman–Crippen MR) is 107 cm³/mol. The number of hydrogen-bond acceptors (Lipinski definition) is 9. The molecule has 2 rings (SSSR count). The Morgan fingerprint density at radius 3 is 2.52 bits per heavy atom. The van der Waals surface area contributed by atoms with Gasteiger partial charge in [-0.25, -0.2) is 9.97 Å². The second-order valence-electron chi connectivity index (χ2n) is 7.92. The van der Waals surface area contributed by atoms with E-state index in [-0.39, 0.29) is 29.8 Å². The first-order chi connectivity index (χ1) is 13.5. The number of aromatic nitrogens is 2. The molecule has 2 heterocycles. The van der Waals surface area contributed by atoms with Crippen LogP contribution in [-0.4, -0.2) is 77.0 Å². The number of ether oxygens (including phenoxy) is 1. The van der Waals surface area contributed by atoms with Gasteiger partial charge in [-0.2, -0.15) is 0 Å². The van der Waals surface area contributed by atoms with E-state index in [1.165, 1.54) is 18.2 Å². The summed E-state index contributed by atoms with van der Waals surface area (Å²) in [5.41, 5.74) is -0.926. The quantitative estimate of drug-likeness (QED) is 0.402. The summed E-state index contributed by atoms with van der Waals surface area (Å²) in [5.74, 6) is -0.317. The van der Waals surface area contributed by atoms with Crippen LogP contribution in [0.2, 0.25) is 0 Å². The van der Waals surface area contributed by atoms with Gasteiger partial charge < -0.3 is 19.4 Å². The number of nitro groups is 1. The normalized spacial score (nSPS) is 14.9. The third-order valence-corrected chi connectivity index (χ3v) is 4.35. The molecule has 0 bridgehead atoms. The monoisotopic (exact) mass is 408 g/mol. The highest BCUT2D eigenvalue weighted by atomic mass is 16.6. The molecule has 0 aromatic carbocycles. The van der Waals surface area contributed by atoms with Gasteiger partial charge in [0.15, 0.2) is 0 Å². The minimum Gasteiger partial charge on any atom is -0.459 e. The van der Waals surface area contributed by atoms with Crippen molar-refractivity contribution in [1.29, 1.82) is 0 Å². The van der Waals surface area contributed by atoms with Crippen LogP contribution in [-0.2, 0) is 14.3 Å². The molecular formula is C18H28N6O5. The lowest BCUT2D eigenvalue weighted by molar-refractivity contribution is -0.383. The van der Waals surface area contributed by atoms with Gasteiger partial charge in [0.25, 0.3) is 0 Å². The summed E-state index contributed by atoms with van der Waals surface area (Å²) in [6, 6.07) is 0. The SMILES string of the molecule is CC(=O)N1CCCN(c2ncnc(N(C)CC(=O)OC(C)(C)C)c2[N+](=O)[O-])CC1. The van der Waals surface area contributed by atoms with Crippen molar-refractivity contribution in [3.63, 3.8) is 0 Å². The van der Waals surface area contributed by atoms with Gasteiger partial charge >= 0.3 is 11.7 Å². The molecule has 0 spiro atoms. The Labute approximate surface area is 169 Å². The fourth-order valence-electron chi connectivity index (χ4n) is 3.12. The number of hydrogen-bond donors (Lipinski definition) is 0. The number of anilines is 2. The van der Waals surface area contributed by atoms with E-state index in [0.717, 1.165) is 0 Å². The van der Waals surface area contributed by atoms with E-state index in [9.17, 15) is 19.7 Å². The molecule has 0 saturated carbocycles. The van der Waals surface area contributed by atoms with Crippen LogP contribution in [0, 0.1) is 10.1 Å². The summed E-state index contributed by atoms with van der Waals surface area (Å²) < 4.78 is 5.29. The first-order valence-electron chi connectivity index (χ1n) is 9.42. The minimum atomic E-state index is -0.657. The van der Waals surface area contributed by atoms with Gasteiger partial charge in [-0.05, 0) is 27.2 Å². The van der Waals surface area contributed by atoms with Gasteiger partial charge in [-0.1, -0.05) is 0 Å². The number of carbonyl (C=O) groups excluding carboxylic acids is 2. The summed E-state index contributed by atoms with van der Waals surface area (Å²) in [6.07, 6.45) is 1.92. The molecular weight excluding hydrogens is 380 g/mol. The molecule has 0 N–H and O–H groups in total. The van der Waals surface area contributed by atoms with Crippen LogP contribution < -0.4 is 9.80 Å². The zero-order valence-corrected chi connectivity index (χ0v) is 17.5. The average Bonchev–Trinajstić information content (AvgIpc) is 2.85. The Kier molecular flexibility index (Phi) is 6.93. The molecule has 0 atom stereocenters. The molecule has 1 aromatic rings. The number of nitrogens with zero attached hydrogens (tertiary/aromatic N) is 6. The molecule has 1 saturated heterocycles. The topological polar surface area (TPSA) is 122 Å². The van der Waals surface area contributed by atoms with Crippen molar-refractivity contribution >= 4 is 29.2 Å². The molecule has 0 unspecified atom stereocenters. The van der Waals surface area contributed by atoms with Gasteiger partial charge in [0.2, 0.25) is 17.5 Å². The van der Waals surface area contributed by atoms with Crippen LogP contribution in [0.25, 0.3) is 0 Å². The van der Waals surface area contributed by atoms with Crippen molar-refractivity contribution < 1.29 is 19.2 Å². The van der Waals surface area contributed by atoms with Crippen LogP contribution in [0.5, 0.6) is 0 Å². The molecule has 29 heavy (non-hydrogen) atoms. The van der Waals surface area contributed by atoms with E-state index in [4.69, 9.17) is 4.74 Å².